The fourth-order valence-corrected chi connectivity index (χ4v) is 2.12. The average Bonchev–Trinajstić information content (AvgIpc) is 2.39. The highest BCUT2D eigenvalue weighted by atomic mass is 19.1. The summed E-state index contributed by atoms with van der Waals surface area (Å²) in [5.74, 6) is 1.33. The molecule has 0 spiro atoms. The Labute approximate surface area is 119 Å². The van der Waals surface area contributed by atoms with Gasteiger partial charge in [0.25, 0.3) is 0 Å². The van der Waals surface area contributed by atoms with Crippen molar-refractivity contribution in [2.45, 2.75) is 33.1 Å². The fourth-order valence-electron chi connectivity index (χ4n) is 2.12. The van der Waals surface area contributed by atoms with Gasteiger partial charge in [-0.05, 0) is 45.4 Å². The summed E-state index contributed by atoms with van der Waals surface area (Å²) >= 11 is 0. The minimum absolute atomic E-state index is 0.233. The maximum Gasteiger partial charge on any atom is 0.140 e. The Morgan fingerprint density at radius 3 is 2.40 bits per heavy atom. The Balaban J connectivity index is 2.45. The number of halogens is 1. The van der Waals surface area contributed by atoms with E-state index < -0.39 is 0 Å². The van der Waals surface area contributed by atoms with E-state index in [0.717, 1.165) is 29.4 Å². The van der Waals surface area contributed by atoms with Crippen molar-refractivity contribution in [3.05, 3.63) is 53.2 Å². The van der Waals surface area contributed by atoms with Gasteiger partial charge in [0.1, 0.15) is 17.5 Å². The molecule has 0 aliphatic carbocycles. The summed E-state index contributed by atoms with van der Waals surface area (Å²) in [5.41, 5.74) is 1.54. The summed E-state index contributed by atoms with van der Waals surface area (Å²) in [6, 6.07) is 8.44. The molecule has 2 rings (SSSR count). The van der Waals surface area contributed by atoms with Crippen LogP contribution >= 0.6 is 0 Å². The summed E-state index contributed by atoms with van der Waals surface area (Å²) in [5, 5.41) is 3.21. The Kier molecular flexibility index (Phi) is 4.02. The summed E-state index contributed by atoms with van der Waals surface area (Å²) in [7, 11) is 0. The lowest BCUT2D eigenvalue weighted by atomic mass is 9.83. The number of nitrogens with one attached hydrogen (secondary N) is 1. The molecule has 1 N–H and O–H groups in total. The molecule has 0 radical (unpaired) electrons. The Morgan fingerprint density at radius 1 is 1.15 bits per heavy atom. The first-order valence-corrected chi connectivity index (χ1v) is 6.79. The van der Waals surface area contributed by atoms with Crippen LogP contribution in [-0.2, 0) is 5.41 Å². The second-order valence-electron chi connectivity index (χ2n) is 5.38. The Morgan fingerprint density at radius 2 is 1.80 bits per heavy atom. The molecule has 20 heavy (non-hydrogen) atoms. The van der Waals surface area contributed by atoms with Crippen molar-refractivity contribution in [2.24, 2.45) is 0 Å². The van der Waals surface area contributed by atoms with E-state index in [0.29, 0.717) is 0 Å². The lowest BCUT2D eigenvalue weighted by Crippen LogP contribution is -2.23. The quantitative estimate of drug-likeness (QED) is 0.923. The minimum Gasteiger partial charge on any atom is -0.370 e. The van der Waals surface area contributed by atoms with E-state index in [4.69, 9.17) is 0 Å². The molecule has 0 atom stereocenters. The SMILES string of the molecule is CCNc1cc(C)nc(C(C)(C)c2ccc(F)cc2)n1. The summed E-state index contributed by atoms with van der Waals surface area (Å²) in [6.07, 6.45) is 0. The van der Waals surface area contributed by atoms with Crippen molar-refractivity contribution in [2.75, 3.05) is 11.9 Å². The highest BCUT2D eigenvalue weighted by Crippen LogP contribution is 2.29. The van der Waals surface area contributed by atoms with Crippen LogP contribution in [-0.4, -0.2) is 16.5 Å². The normalized spacial score (nSPS) is 11.4. The van der Waals surface area contributed by atoms with Crippen LogP contribution in [0.2, 0.25) is 0 Å². The molecule has 4 heteroatoms. The van der Waals surface area contributed by atoms with Gasteiger partial charge in [-0.15, -0.1) is 0 Å². The lowest BCUT2D eigenvalue weighted by Gasteiger charge is -2.24. The second kappa shape index (κ2) is 5.57. The predicted molar refractivity (Wildman–Crippen MR) is 79.5 cm³/mol. The van der Waals surface area contributed by atoms with Gasteiger partial charge in [0.05, 0.1) is 0 Å². The summed E-state index contributed by atoms with van der Waals surface area (Å²) < 4.78 is 13.1. The molecule has 0 bridgehead atoms. The zero-order chi connectivity index (χ0) is 14.8. The van der Waals surface area contributed by atoms with Crippen molar-refractivity contribution in [1.29, 1.82) is 0 Å². The van der Waals surface area contributed by atoms with Gasteiger partial charge in [-0.25, -0.2) is 14.4 Å². The van der Waals surface area contributed by atoms with Crippen LogP contribution in [0, 0.1) is 12.7 Å². The van der Waals surface area contributed by atoms with Gasteiger partial charge < -0.3 is 5.32 Å². The van der Waals surface area contributed by atoms with Crippen LogP contribution in [0.1, 0.15) is 37.9 Å². The molecule has 3 nitrogen and oxygen atoms in total. The van der Waals surface area contributed by atoms with Crippen molar-refractivity contribution in [3.63, 3.8) is 0 Å². The fraction of sp³-hybridized carbons (Fsp3) is 0.375. The average molecular weight is 273 g/mol. The number of anilines is 1. The number of aryl methyl sites for hydroxylation is 1. The standard InChI is InChI=1S/C16H20FN3/c1-5-18-14-10-11(2)19-15(20-14)16(3,4)12-6-8-13(17)9-7-12/h6-10H,5H2,1-4H3,(H,18,19,20). The Hall–Kier alpha value is -1.97. The molecule has 0 fully saturated rings. The van der Waals surface area contributed by atoms with Gasteiger partial charge >= 0.3 is 0 Å². The molecule has 1 heterocycles. The zero-order valence-electron chi connectivity index (χ0n) is 12.4. The number of hydrogen-bond donors (Lipinski definition) is 1. The summed E-state index contributed by atoms with van der Waals surface area (Å²) in [4.78, 5) is 9.12. The van der Waals surface area contributed by atoms with E-state index in [9.17, 15) is 4.39 Å². The van der Waals surface area contributed by atoms with Crippen molar-refractivity contribution >= 4 is 5.82 Å². The van der Waals surface area contributed by atoms with Crippen LogP contribution in [0.4, 0.5) is 10.2 Å². The van der Waals surface area contributed by atoms with E-state index in [2.05, 4.69) is 15.3 Å². The van der Waals surface area contributed by atoms with Crippen molar-refractivity contribution < 1.29 is 4.39 Å². The number of hydrogen-bond acceptors (Lipinski definition) is 3. The van der Waals surface area contributed by atoms with Crippen LogP contribution in [0.25, 0.3) is 0 Å². The first kappa shape index (κ1) is 14.4. The molecule has 106 valence electrons. The smallest absolute Gasteiger partial charge is 0.140 e. The molecule has 1 aromatic heterocycles. The van der Waals surface area contributed by atoms with Crippen LogP contribution in [0.5, 0.6) is 0 Å². The first-order chi connectivity index (χ1) is 9.43. The van der Waals surface area contributed by atoms with Gasteiger partial charge in [0.15, 0.2) is 0 Å². The molecular formula is C16H20FN3. The number of aromatic nitrogens is 2. The van der Waals surface area contributed by atoms with E-state index in [1.54, 1.807) is 12.1 Å². The van der Waals surface area contributed by atoms with Gasteiger partial charge in [0.2, 0.25) is 0 Å². The molecule has 0 aliphatic heterocycles. The summed E-state index contributed by atoms with van der Waals surface area (Å²) in [6.45, 7) is 8.89. The van der Waals surface area contributed by atoms with E-state index >= 15 is 0 Å². The van der Waals surface area contributed by atoms with Gasteiger partial charge in [-0.3, -0.25) is 0 Å². The molecule has 0 saturated heterocycles. The number of nitrogens with zero attached hydrogens (tertiary/aromatic N) is 2. The third kappa shape index (κ3) is 2.95. The third-order valence-corrected chi connectivity index (χ3v) is 3.34. The molecule has 1 aromatic carbocycles. The van der Waals surface area contributed by atoms with Crippen LogP contribution < -0.4 is 5.32 Å². The van der Waals surface area contributed by atoms with Gasteiger partial charge in [-0.2, -0.15) is 0 Å². The topological polar surface area (TPSA) is 37.8 Å². The van der Waals surface area contributed by atoms with Crippen molar-refractivity contribution in [3.8, 4) is 0 Å². The minimum atomic E-state index is -0.371. The lowest BCUT2D eigenvalue weighted by molar-refractivity contribution is 0.581. The van der Waals surface area contributed by atoms with E-state index in [1.165, 1.54) is 12.1 Å². The first-order valence-electron chi connectivity index (χ1n) is 6.79. The molecule has 0 amide bonds. The van der Waals surface area contributed by atoms with Crippen LogP contribution in [0.15, 0.2) is 30.3 Å². The van der Waals surface area contributed by atoms with E-state index in [1.807, 2.05) is 33.8 Å². The van der Waals surface area contributed by atoms with Crippen LogP contribution in [0.3, 0.4) is 0 Å². The highest BCUT2D eigenvalue weighted by Gasteiger charge is 2.27. The molecule has 0 aliphatic rings. The molecule has 2 aromatic rings. The molecule has 0 unspecified atom stereocenters. The van der Waals surface area contributed by atoms with E-state index in [-0.39, 0.29) is 11.2 Å². The maximum absolute atomic E-state index is 13.1. The number of rotatable bonds is 4. The molecular weight excluding hydrogens is 253 g/mol. The zero-order valence-corrected chi connectivity index (χ0v) is 12.4. The molecule has 0 saturated carbocycles. The monoisotopic (exact) mass is 273 g/mol. The maximum atomic E-state index is 13.1. The highest BCUT2D eigenvalue weighted by molar-refractivity contribution is 5.39. The Bertz CT molecular complexity index is 591. The van der Waals surface area contributed by atoms with Crippen molar-refractivity contribution in [1.82, 2.24) is 9.97 Å². The van der Waals surface area contributed by atoms with Gasteiger partial charge in [0, 0.05) is 23.7 Å². The number of benzene rings is 1. The second-order valence-corrected chi connectivity index (χ2v) is 5.38. The third-order valence-electron chi connectivity index (χ3n) is 3.34. The predicted octanol–water partition coefficient (Wildman–Crippen LogP) is 3.68. The van der Waals surface area contributed by atoms with Gasteiger partial charge in [-0.1, -0.05) is 12.1 Å². The largest absolute Gasteiger partial charge is 0.370 e.